The van der Waals surface area contributed by atoms with Crippen molar-refractivity contribution in [1.82, 2.24) is 15.2 Å². The van der Waals surface area contributed by atoms with Crippen molar-refractivity contribution in [1.29, 1.82) is 0 Å². The van der Waals surface area contributed by atoms with Gasteiger partial charge in [-0.2, -0.15) is 10.1 Å². The summed E-state index contributed by atoms with van der Waals surface area (Å²) in [5.74, 6) is 0.0914. The number of anilines is 2. The van der Waals surface area contributed by atoms with Gasteiger partial charge in [0.25, 0.3) is 0 Å². The minimum atomic E-state index is -0.326. The van der Waals surface area contributed by atoms with E-state index >= 15 is 0 Å². The van der Waals surface area contributed by atoms with Crippen molar-refractivity contribution < 1.29 is 4.39 Å². The van der Waals surface area contributed by atoms with Crippen LogP contribution in [0.2, 0.25) is 5.28 Å². The van der Waals surface area contributed by atoms with Crippen LogP contribution in [0.4, 0.5) is 15.9 Å². The number of benzene rings is 1. The van der Waals surface area contributed by atoms with E-state index in [4.69, 9.17) is 11.6 Å². The maximum atomic E-state index is 12.8. The SMILES string of the molecule is Fc1cccc(Nc2cnnc(Cl)n2)c1. The van der Waals surface area contributed by atoms with Crippen LogP contribution in [0.5, 0.6) is 0 Å². The monoisotopic (exact) mass is 224 g/mol. The lowest BCUT2D eigenvalue weighted by molar-refractivity contribution is 0.628. The molecule has 2 aromatic rings. The molecule has 0 aliphatic carbocycles. The predicted molar refractivity (Wildman–Crippen MR) is 54.5 cm³/mol. The van der Waals surface area contributed by atoms with E-state index in [2.05, 4.69) is 20.5 Å². The van der Waals surface area contributed by atoms with Gasteiger partial charge in [-0.15, -0.1) is 5.10 Å². The lowest BCUT2D eigenvalue weighted by Gasteiger charge is -2.03. The molecule has 0 saturated carbocycles. The third-order valence-corrected chi connectivity index (χ3v) is 1.79. The Labute approximate surface area is 90.1 Å². The number of hydrogen-bond acceptors (Lipinski definition) is 4. The third kappa shape index (κ3) is 2.60. The molecule has 1 aromatic carbocycles. The zero-order valence-corrected chi connectivity index (χ0v) is 8.24. The van der Waals surface area contributed by atoms with Crippen molar-refractivity contribution in [3.63, 3.8) is 0 Å². The Balaban J connectivity index is 2.22. The van der Waals surface area contributed by atoms with Gasteiger partial charge in [-0.05, 0) is 29.8 Å². The Morgan fingerprint density at radius 2 is 2.20 bits per heavy atom. The minimum absolute atomic E-state index is 0.0383. The molecular weight excluding hydrogens is 219 g/mol. The predicted octanol–water partition coefficient (Wildman–Crippen LogP) is 2.41. The third-order valence-electron chi connectivity index (χ3n) is 1.63. The van der Waals surface area contributed by atoms with Crippen LogP contribution >= 0.6 is 11.6 Å². The molecule has 1 aromatic heterocycles. The summed E-state index contributed by atoms with van der Waals surface area (Å²) in [6, 6.07) is 6.00. The van der Waals surface area contributed by atoms with Crippen molar-refractivity contribution in [2.24, 2.45) is 0 Å². The molecule has 6 heteroatoms. The summed E-state index contributed by atoms with van der Waals surface area (Å²) in [4.78, 5) is 3.86. The Morgan fingerprint density at radius 3 is 2.93 bits per heavy atom. The number of rotatable bonds is 2. The summed E-state index contributed by atoms with van der Waals surface area (Å²) < 4.78 is 12.8. The first-order valence-corrected chi connectivity index (χ1v) is 4.49. The Hall–Kier alpha value is -1.75. The first-order chi connectivity index (χ1) is 7.24. The van der Waals surface area contributed by atoms with E-state index in [1.807, 2.05) is 0 Å². The second-order valence-electron chi connectivity index (χ2n) is 2.75. The van der Waals surface area contributed by atoms with E-state index in [0.29, 0.717) is 11.5 Å². The fourth-order valence-electron chi connectivity index (χ4n) is 1.06. The van der Waals surface area contributed by atoms with Gasteiger partial charge in [-0.3, -0.25) is 0 Å². The van der Waals surface area contributed by atoms with Crippen molar-refractivity contribution in [3.8, 4) is 0 Å². The molecule has 0 spiro atoms. The second kappa shape index (κ2) is 4.18. The second-order valence-corrected chi connectivity index (χ2v) is 3.08. The van der Waals surface area contributed by atoms with Gasteiger partial charge >= 0.3 is 0 Å². The van der Waals surface area contributed by atoms with Gasteiger partial charge in [0.05, 0.1) is 6.20 Å². The Kier molecular flexibility index (Phi) is 2.73. The molecule has 4 nitrogen and oxygen atoms in total. The molecule has 0 aliphatic rings. The normalized spacial score (nSPS) is 10.0. The van der Waals surface area contributed by atoms with Crippen LogP contribution in [0.3, 0.4) is 0 Å². The lowest BCUT2D eigenvalue weighted by Crippen LogP contribution is -1.96. The first kappa shape index (κ1) is 9.79. The van der Waals surface area contributed by atoms with Crippen molar-refractivity contribution >= 4 is 23.1 Å². The highest BCUT2D eigenvalue weighted by Gasteiger charge is 1.99. The number of aromatic nitrogens is 3. The molecule has 2 rings (SSSR count). The smallest absolute Gasteiger partial charge is 0.244 e. The maximum absolute atomic E-state index is 12.8. The van der Waals surface area contributed by atoms with Gasteiger partial charge in [0, 0.05) is 5.69 Å². The summed E-state index contributed by atoms with van der Waals surface area (Å²) in [6.45, 7) is 0. The van der Waals surface area contributed by atoms with Gasteiger partial charge < -0.3 is 5.32 Å². The Bertz CT molecular complexity index is 434. The van der Waals surface area contributed by atoms with Gasteiger partial charge in [-0.25, -0.2) is 4.39 Å². The number of hydrogen-bond donors (Lipinski definition) is 1. The summed E-state index contributed by atoms with van der Waals surface area (Å²) in [5, 5.41) is 9.98. The van der Waals surface area contributed by atoms with Crippen molar-refractivity contribution in [2.75, 3.05) is 5.32 Å². The molecule has 15 heavy (non-hydrogen) atoms. The highest BCUT2D eigenvalue weighted by molar-refractivity contribution is 6.28. The van der Waals surface area contributed by atoms with Gasteiger partial charge in [0.1, 0.15) is 5.82 Å². The van der Waals surface area contributed by atoms with Gasteiger partial charge in [0.2, 0.25) is 5.28 Å². The van der Waals surface area contributed by atoms with Gasteiger partial charge in [-0.1, -0.05) is 6.07 Å². The van der Waals surface area contributed by atoms with Crippen molar-refractivity contribution in [2.45, 2.75) is 0 Å². The summed E-state index contributed by atoms with van der Waals surface area (Å²) in [6.07, 6.45) is 1.40. The molecule has 0 radical (unpaired) electrons. The zero-order chi connectivity index (χ0) is 10.7. The Morgan fingerprint density at radius 1 is 1.33 bits per heavy atom. The van der Waals surface area contributed by atoms with E-state index in [-0.39, 0.29) is 11.1 Å². The molecule has 0 bridgehead atoms. The van der Waals surface area contributed by atoms with Crippen LogP contribution in [0.15, 0.2) is 30.5 Å². The van der Waals surface area contributed by atoms with E-state index < -0.39 is 0 Å². The molecule has 0 unspecified atom stereocenters. The molecule has 1 N–H and O–H groups in total. The van der Waals surface area contributed by atoms with Crippen LogP contribution in [-0.4, -0.2) is 15.2 Å². The number of nitrogens with zero attached hydrogens (tertiary/aromatic N) is 3. The highest BCUT2D eigenvalue weighted by atomic mass is 35.5. The molecule has 76 valence electrons. The maximum Gasteiger partial charge on any atom is 0.244 e. The van der Waals surface area contributed by atoms with E-state index in [0.717, 1.165) is 0 Å². The molecule has 0 fully saturated rings. The largest absolute Gasteiger partial charge is 0.339 e. The molecule has 0 aliphatic heterocycles. The number of halogens is 2. The van der Waals surface area contributed by atoms with Crippen LogP contribution in [-0.2, 0) is 0 Å². The van der Waals surface area contributed by atoms with Crippen molar-refractivity contribution in [3.05, 3.63) is 41.6 Å². The molecule has 1 heterocycles. The first-order valence-electron chi connectivity index (χ1n) is 4.12. The molecule has 0 saturated heterocycles. The van der Waals surface area contributed by atoms with E-state index in [1.165, 1.54) is 18.3 Å². The standard InChI is InChI=1S/C9H6ClFN4/c10-9-14-8(5-12-15-9)13-7-3-1-2-6(11)4-7/h1-5H,(H,13,14,15). The minimum Gasteiger partial charge on any atom is -0.339 e. The highest BCUT2D eigenvalue weighted by Crippen LogP contribution is 2.14. The number of nitrogens with one attached hydrogen (secondary N) is 1. The van der Waals surface area contributed by atoms with Crippen LogP contribution < -0.4 is 5.32 Å². The van der Waals surface area contributed by atoms with E-state index in [1.54, 1.807) is 12.1 Å². The quantitative estimate of drug-likeness (QED) is 0.851. The average molecular weight is 225 g/mol. The zero-order valence-electron chi connectivity index (χ0n) is 7.48. The fourth-order valence-corrected chi connectivity index (χ4v) is 1.19. The lowest BCUT2D eigenvalue weighted by atomic mass is 10.3. The molecule has 0 atom stereocenters. The summed E-state index contributed by atoms with van der Waals surface area (Å²) in [5.41, 5.74) is 0.576. The van der Waals surface area contributed by atoms with Crippen LogP contribution in [0.25, 0.3) is 0 Å². The summed E-state index contributed by atoms with van der Waals surface area (Å²) >= 11 is 5.54. The molecule has 0 amide bonds. The van der Waals surface area contributed by atoms with E-state index in [9.17, 15) is 4.39 Å². The average Bonchev–Trinajstić information content (AvgIpc) is 2.17. The van der Waals surface area contributed by atoms with Crippen LogP contribution in [0.1, 0.15) is 0 Å². The fraction of sp³-hybridized carbons (Fsp3) is 0. The molecular formula is C9H6ClFN4. The van der Waals surface area contributed by atoms with Gasteiger partial charge in [0.15, 0.2) is 5.82 Å². The topological polar surface area (TPSA) is 50.7 Å². The summed E-state index contributed by atoms with van der Waals surface area (Å²) in [7, 11) is 0. The van der Waals surface area contributed by atoms with Crippen LogP contribution in [0, 0.1) is 5.82 Å².